The first kappa shape index (κ1) is 22.4. The summed E-state index contributed by atoms with van der Waals surface area (Å²) in [5, 5.41) is 3.46. The number of hydrogen-bond donors (Lipinski definition) is 0. The number of benzene rings is 3. The minimum atomic E-state index is -3.03. The van der Waals surface area contributed by atoms with Gasteiger partial charge in [-0.2, -0.15) is 0 Å². The molecule has 3 aromatic rings. The summed E-state index contributed by atoms with van der Waals surface area (Å²) in [7, 11) is -7.77. The van der Waals surface area contributed by atoms with E-state index in [4.69, 9.17) is 12.7 Å². The SMILES string of the molecule is C[Si]1(C)CCCCO[Si](C)(c2ccccc2)O[Si](c2ccccc2)(c2ccccc2)O1. The molecular formula is C25H32O3Si3. The number of rotatable bonds is 3. The zero-order valence-electron chi connectivity index (χ0n) is 18.7. The maximum Gasteiger partial charge on any atom is 0.388 e. The maximum atomic E-state index is 7.36. The third kappa shape index (κ3) is 5.00. The van der Waals surface area contributed by atoms with Crippen LogP contribution < -0.4 is 15.6 Å². The molecule has 0 amide bonds. The molecule has 3 nitrogen and oxygen atoms in total. The molecule has 0 aromatic heterocycles. The fraction of sp³-hybridized carbons (Fsp3) is 0.280. The highest BCUT2D eigenvalue weighted by molar-refractivity contribution is 7.03. The van der Waals surface area contributed by atoms with E-state index in [-0.39, 0.29) is 0 Å². The molecule has 1 fully saturated rings. The topological polar surface area (TPSA) is 27.7 Å². The van der Waals surface area contributed by atoms with Crippen LogP contribution in [0.2, 0.25) is 25.7 Å². The minimum Gasteiger partial charge on any atom is -0.430 e. The predicted octanol–water partition coefficient (Wildman–Crippen LogP) is 4.27. The highest BCUT2D eigenvalue weighted by atomic mass is 28.5. The summed E-state index contributed by atoms with van der Waals surface area (Å²) in [5.74, 6) is 0. The first-order valence-corrected chi connectivity index (χ1v) is 18.4. The third-order valence-corrected chi connectivity index (χ3v) is 17.9. The van der Waals surface area contributed by atoms with E-state index in [1.165, 1.54) is 0 Å². The Hall–Kier alpha value is -1.81. The van der Waals surface area contributed by atoms with Crippen molar-refractivity contribution in [3.8, 4) is 0 Å². The Balaban J connectivity index is 1.94. The van der Waals surface area contributed by atoms with E-state index in [1.54, 1.807) is 0 Å². The molecule has 1 aliphatic heterocycles. The van der Waals surface area contributed by atoms with Gasteiger partial charge in [-0.05, 0) is 47.7 Å². The summed E-state index contributed by atoms with van der Waals surface area (Å²) in [6.07, 6.45) is 2.18. The fourth-order valence-corrected chi connectivity index (χ4v) is 17.3. The normalized spacial score (nSPS) is 23.7. The maximum absolute atomic E-state index is 7.36. The molecule has 1 unspecified atom stereocenters. The van der Waals surface area contributed by atoms with Gasteiger partial charge in [0.25, 0.3) is 0 Å². The van der Waals surface area contributed by atoms with Gasteiger partial charge in [0, 0.05) is 6.61 Å². The molecule has 4 rings (SSSR count). The van der Waals surface area contributed by atoms with Crippen molar-refractivity contribution in [1.82, 2.24) is 0 Å². The van der Waals surface area contributed by atoms with Gasteiger partial charge in [0.2, 0.25) is 0 Å². The monoisotopic (exact) mass is 464 g/mol. The van der Waals surface area contributed by atoms with E-state index in [0.717, 1.165) is 41.1 Å². The highest BCUT2D eigenvalue weighted by Crippen LogP contribution is 2.27. The molecule has 3 aromatic carbocycles. The van der Waals surface area contributed by atoms with Crippen molar-refractivity contribution in [3.63, 3.8) is 0 Å². The van der Waals surface area contributed by atoms with Crippen molar-refractivity contribution in [3.05, 3.63) is 91.0 Å². The van der Waals surface area contributed by atoms with Crippen molar-refractivity contribution in [1.29, 1.82) is 0 Å². The Morgan fingerprint density at radius 1 is 0.581 bits per heavy atom. The first-order valence-electron chi connectivity index (χ1n) is 11.1. The van der Waals surface area contributed by atoms with Gasteiger partial charge in [-0.3, -0.25) is 0 Å². The van der Waals surface area contributed by atoms with E-state index in [9.17, 15) is 0 Å². The van der Waals surface area contributed by atoms with E-state index in [1.807, 2.05) is 6.07 Å². The standard InChI is InChI=1S/C25H32O3Si3/c1-29(2)22-14-13-21-26-30(3,23-15-7-4-8-16-23)28-31(27-29,24-17-9-5-10-18-24)25-19-11-6-12-20-25/h4-12,15-20H,13-14,21-22H2,1-3H3. The van der Waals surface area contributed by atoms with Crippen LogP contribution in [0.1, 0.15) is 12.8 Å². The summed E-state index contributed by atoms with van der Waals surface area (Å²) in [6, 6.07) is 32.8. The smallest absolute Gasteiger partial charge is 0.388 e. The molecule has 1 heterocycles. The second kappa shape index (κ2) is 9.36. The number of hydrogen-bond acceptors (Lipinski definition) is 3. The predicted molar refractivity (Wildman–Crippen MR) is 135 cm³/mol. The lowest BCUT2D eigenvalue weighted by Gasteiger charge is -2.44. The van der Waals surface area contributed by atoms with E-state index in [2.05, 4.69) is 105 Å². The summed E-state index contributed by atoms with van der Waals surface area (Å²) < 4.78 is 21.3. The second-order valence-electron chi connectivity index (χ2n) is 8.93. The summed E-state index contributed by atoms with van der Waals surface area (Å²) in [4.78, 5) is 0. The molecule has 31 heavy (non-hydrogen) atoms. The molecule has 6 heteroatoms. The van der Waals surface area contributed by atoms with Gasteiger partial charge in [0.15, 0.2) is 8.32 Å². The van der Waals surface area contributed by atoms with Crippen LogP contribution in [0, 0.1) is 0 Å². The third-order valence-electron chi connectivity index (χ3n) is 5.92. The van der Waals surface area contributed by atoms with Gasteiger partial charge in [0.05, 0.1) is 0 Å². The summed E-state index contributed by atoms with van der Waals surface area (Å²) in [5.41, 5.74) is 0. The molecule has 0 N–H and O–H groups in total. The Morgan fingerprint density at radius 3 is 1.58 bits per heavy atom. The van der Waals surface area contributed by atoms with Crippen molar-refractivity contribution in [2.45, 2.75) is 38.5 Å². The molecule has 1 atom stereocenters. The summed E-state index contributed by atoms with van der Waals surface area (Å²) >= 11 is 0. The van der Waals surface area contributed by atoms with Gasteiger partial charge in [-0.1, -0.05) is 97.4 Å². The minimum absolute atomic E-state index is 0.732. The van der Waals surface area contributed by atoms with Crippen LogP contribution in [0.25, 0.3) is 0 Å². The van der Waals surface area contributed by atoms with E-state index >= 15 is 0 Å². The zero-order chi connectivity index (χ0) is 21.8. The molecule has 0 aliphatic carbocycles. The van der Waals surface area contributed by atoms with Crippen LogP contribution >= 0.6 is 0 Å². The molecule has 1 saturated heterocycles. The average molecular weight is 465 g/mol. The van der Waals surface area contributed by atoms with E-state index < -0.39 is 25.4 Å². The van der Waals surface area contributed by atoms with Crippen LogP contribution in [0.4, 0.5) is 0 Å². The van der Waals surface area contributed by atoms with Crippen molar-refractivity contribution < 1.29 is 12.7 Å². The lowest BCUT2D eigenvalue weighted by Crippen LogP contribution is -2.73. The van der Waals surface area contributed by atoms with Crippen LogP contribution in [-0.4, -0.2) is 32.0 Å². The van der Waals surface area contributed by atoms with Gasteiger partial charge >= 0.3 is 17.1 Å². The highest BCUT2D eigenvalue weighted by Gasteiger charge is 2.53. The van der Waals surface area contributed by atoms with Crippen LogP contribution in [0.5, 0.6) is 0 Å². The van der Waals surface area contributed by atoms with E-state index in [0.29, 0.717) is 0 Å². The molecular weight excluding hydrogens is 433 g/mol. The average Bonchev–Trinajstić information content (AvgIpc) is 2.80. The van der Waals surface area contributed by atoms with Gasteiger partial charge in [0.1, 0.15) is 0 Å². The largest absolute Gasteiger partial charge is 0.430 e. The Labute approximate surface area is 189 Å². The van der Waals surface area contributed by atoms with Crippen LogP contribution in [0.3, 0.4) is 0 Å². The second-order valence-corrected chi connectivity index (χ2v) is 19.7. The Morgan fingerprint density at radius 2 is 1.06 bits per heavy atom. The first-order chi connectivity index (χ1) is 14.9. The summed E-state index contributed by atoms with van der Waals surface area (Å²) in [6.45, 7) is 7.60. The fourth-order valence-electron chi connectivity index (χ4n) is 4.29. The van der Waals surface area contributed by atoms with Gasteiger partial charge < -0.3 is 12.7 Å². The van der Waals surface area contributed by atoms with Crippen LogP contribution in [-0.2, 0) is 12.7 Å². The molecule has 0 spiro atoms. The molecule has 0 bridgehead atoms. The van der Waals surface area contributed by atoms with Crippen molar-refractivity contribution in [2.24, 2.45) is 0 Å². The van der Waals surface area contributed by atoms with Crippen molar-refractivity contribution >= 4 is 41.0 Å². The van der Waals surface area contributed by atoms with Crippen molar-refractivity contribution in [2.75, 3.05) is 6.61 Å². The Bertz CT molecular complexity index is 928. The quantitative estimate of drug-likeness (QED) is 0.542. The lowest BCUT2D eigenvalue weighted by molar-refractivity contribution is 0.231. The molecule has 0 saturated carbocycles. The van der Waals surface area contributed by atoms with Gasteiger partial charge in [-0.25, -0.2) is 0 Å². The lowest BCUT2D eigenvalue weighted by atomic mass is 10.4. The van der Waals surface area contributed by atoms with Gasteiger partial charge in [-0.15, -0.1) is 0 Å². The Kier molecular flexibility index (Phi) is 6.76. The zero-order valence-corrected chi connectivity index (χ0v) is 21.7. The van der Waals surface area contributed by atoms with Crippen LogP contribution in [0.15, 0.2) is 91.0 Å². The molecule has 0 radical (unpaired) electrons. The molecule has 162 valence electrons. The molecule has 1 aliphatic rings.